The van der Waals surface area contributed by atoms with Gasteiger partial charge in [-0.2, -0.15) is 0 Å². The van der Waals surface area contributed by atoms with E-state index in [-0.39, 0.29) is 17.5 Å². The van der Waals surface area contributed by atoms with Crippen LogP contribution < -0.4 is 4.90 Å². The molecule has 1 atom stereocenters. The van der Waals surface area contributed by atoms with Gasteiger partial charge in [-0.15, -0.1) is 0 Å². The van der Waals surface area contributed by atoms with E-state index in [9.17, 15) is 8.42 Å². The summed E-state index contributed by atoms with van der Waals surface area (Å²) >= 11 is 0. The van der Waals surface area contributed by atoms with E-state index < -0.39 is 9.84 Å². The summed E-state index contributed by atoms with van der Waals surface area (Å²) in [5.74, 6) is 2.03. The number of hydrogen-bond donors (Lipinski definition) is 0. The molecule has 0 spiro atoms. The second-order valence-electron chi connectivity index (χ2n) is 5.89. The molecule has 5 nitrogen and oxygen atoms in total. The Kier molecular flexibility index (Phi) is 4.86. The van der Waals surface area contributed by atoms with Crippen molar-refractivity contribution in [3.05, 3.63) is 17.1 Å². The molecule has 0 N–H and O–H groups in total. The number of sulfone groups is 1. The third-order valence-electron chi connectivity index (χ3n) is 4.20. The van der Waals surface area contributed by atoms with Crippen molar-refractivity contribution in [3.63, 3.8) is 0 Å². The third kappa shape index (κ3) is 3.73. The van der Waals surface area contributed by atoms with Gasteiger partial charge < -0.3 is 4.90 Å². The van der Waals surface area contributed by atoms with Crippen molar-refractivity contribution in [2.45, 2.75) is 52.5 Å². The molecule has 6 heteroatoms. The standard InChI is InChI=1S/C15H25N3O2S/c1-5-21(19,20)10-11(2)18(4)15-13-8-6-7-9-14(13)16-12(3)17-15/h11H,5-10H2,1-4H3. The lowest BCUT2D eigenvalue weighted by atomic mass is 9.96. The van der Waals surface area contributed by atoms with Crippen LogP contribution in [0, 0.1) is 6.92 Å². The molecular formula is C15H25N3O2S. The smallest absolute Gasteiger partial charge is 0.152 e. The van der Waals surface area contributed by atoms with Crippen molar-refractivity contribution in [1.29, 1.82) is 0 Å². The van der Waals surface area contributed by atoms with Gasteiger partial charge in [-0.25, -0.2) is 18.4 Å². The van der Waals surface area contributed by atoms with Gasteiger partial charge in [0.25, 0.3) is 0 Å². The van der Waals surface area contributed by atoms with Crippen LogP contribution in [0.15, 0.2) is 0 Å². The van der Waals surface area contributed by atoms with Crippen LogP contribution >= 0.6 is 0 Å². The Balaban J connectivity index is 2.30. The lowest BCUT2D eigenvalue weighted by Gasteiger charge is -2.30. The highest BCUT2D eigenvalue weighted by Gasteiger charge is 2.24. The molecule has 1 unspecified atom stereocenters. The summed E-state index contributed by atoms with van der Waals surface area (Å²) in [5, 5.41) is 0. The van der Waals surface area contributed by atoms with Gasteiger partial charge in [0.05, 0.1) is 5.75 Å². The molecule has 0 bridgehead atoms. The third-order valence-corrected chi connectivity index (χ3v) is 6.07. The molecule has 0 saturated heterocycles. The summed E-state index contributed by atoms with van der Waals surface area (Å²) in [5.41, 5.74) is 2.34. The Hall–Kier alpha value is -1.17. The Bertz CT molecular complexity index is 614. The zero-order chi connectivity index (χ0) is 15.6. The van der Waals surface area contributed by atoms with Crippen LogP contribution in [0.4, 0.5) is 5.82 Å². The predicted molar refractivity (Wildman–Crippen MR) is 85.6 cm³/mol. The zero-order valence-corrected chi connectivity index (χ0v) is 14.2. The van der Waals surface area contributed by atoms with Crippen LogP contribution in [0.25, 0.3) is 0 Å². The fourth-order valence-corrected chi connectivity index (χ4v) is 3.99. The Morgan fingerprint density at radius 3 is 2.57 bits per heavy atom. The number of fused-ring (bicyclic) bond motifs is 1. The molecule has 21 heavy (non-hydrogen) atoms. The summed E-state index contributed by atoms with van der Waals surface area (Å²) in [6.45, 7) is 5.54. The molecule has 1 aromatic rings. The van der Waals surface area contributed by atoms with Crippen LogP contribution in [-0.2, 0) is 22.7 Å². The van der Waals surface area contributed by atoms with Crippen LogP contribution in [0.3, 0.4) is 0 Å². The molecule has 2 rings (SSSR count). The van der Waals surface area contributed by atoms with Gasteiger partial charge >= 0.3 is 0 Å². The van der Waals surface area contributed by atoms with Crippen LogP contribution in [0.2, 0.25) is 0 Å². The summed E-state index contributed by atoms with van der Waals surface area (Å²) in [6, 6.07) is -0.0877. The maximum Gasteiger partial charge on any atom is 0.152 e. The number of hydrogen-bond acceptors (Lipinski definition) is 5. The summed E-state index contributed by atoms with van der Waals surface area (Å²) < 4.78 is 23.7. The molecule has 1 aromatic heterocycles. The predicted octanol–water partition coefficient (Wildman–Crippen LogP) is 1.92. The van der Waals surface area contributed by atoms with E-state index in [0.717, 1.165) is 36.6 Å². The van der Waals surface area contributed by atoms with E-state index in [1.807, 2.05) is 25.8 Å². The Labute approximate surface area is 127 Å². The van der Waals surface area contributed by atoms with E-state index >= 15 is 0 Å². The first-order valence-corrected chi connectivity index (χ1v) is 9.46. The fourth-order valence-electron chi connectivity index (χ4n) is 2.79. The number of nitrogens with zero attached hydrogens (tertiary/aromatic N) is 3. The van der Waals surface area contributed by atoms with Crippen molar-refractivity contribution < 1.29 is 8.42 Å². The van der Waals surface area contributed by atoms with Crippen molar-refractivity contribution in [2.75, 3.05) is 23.5 Å². The number of rotatable bonds is 5. The van der Waals surface area contributed by atoms with Crippen molar-refractivity contribution in [2.24, 2.45) is 0 Å². The fraction of sp³-hybridized carbons (Fsp3) is 0.733. The minimum Gasteiger partial charge on any atom is -0.356 e. The monoisotopic (exact) mass is 311 g/mol. The molecule has 0 amide bonds. The van der Waals surface area contributed by atoms with Gasteiger partial charge in [0.1, 0.15) is 11.6 Å². The first kappa shape index (κ1) is 16.2. The number of aryl methyl sites for hydroxylation is 2. The molecule has 0 radical (unpaired) electrons. The largest absolute Gasteiger partial charge is 0.356 e. The van der Waals surface area contributed by atoms with E-state index in [2.05, 4.69) is 9.97 Å². The Morgan fingerprint density at radius 2 is 1.90 bits per heavy atom. The van der Waals surface area contributed by atoms with E-state index in [1.54, 1.807) is 6.92 Å². The number of anilines is 1. The van der Waals surface area contributed by atoms with Crippen LogP contribution in [0.1, 0.15) is 43.8 Å². The van der Waals surface area contributed by atoms with E-state index in [4.69, 9.17) is 0 Å². The highest BCUT2D eigenvalue weighted by Crippen LogP contribution is 2.28. The minimum absolute atomic E-state index is 0.0877. The van der Waals surface area contributed by atoms with Crippen molar-refractivity contribution in [1.82, 2.24) is 9.97 Å². The van der Waals surface area contributed by atoms with Gasteiger partial charge in [-0.05, 0) is 39.5 Å². The molecule has 1 heterocycles. The molecule has 0 aliphatic heterocycles. The second kappa shape index (κ2) is 6.30. The lowest BCUT2D eigenvalue weighted by molar-refractivity contribution is 0.586. The molecule has 0 aromatic carbocycles. The maximum absolute atomic E-state index is 11.8. The second-order valence-corrected chi connectivity index (χ2v) is 8.28. The summed E-state index contributed by atoms with van der Waals surface area (Å²) in [4.78, 5) is 11.1. The Morgan fingerprint density at radius 1 is 1.24 bits per heavy atom. The molecular weight excluding hydrogens is 286 g/mol. The average Bonchev–Trinajstić information content (AvgIpc) is 2.45. The lowest BCUT2D eigenvalue weighted by Crippen LogP contribution is -2.37. The van der Waals surface area contributed by atoms with Crippen molar-refractivity contribution in [3.8, 4) is 0 Å². The topological polar surface area (TPSA) is 63.2 Å². The van der Waals surface area contributed by atoms with Gasteiger partial charge in [-0.1, -0.05) is 6.92 Å². The van der Waals surface area contributed by atoms with E-state index in [1.165, 1.54) is 12.0 Å². The molecule has 1 aliphatic carbocycles. The van der Waals surface area contributed by atoms with Crippen molar-refractivity contribution >= 4 is 15.7 Å². The molecule has 0 fully saturated rings. The van der Waals surface area contributed by atoms with E-state index in [0.29, 0.717) is 0 Å². The van der Waals surface area contributed by atoms with Gasteiger partial charge in [0, 0.05) is 30.1 Å². The summed E-state index contributed by atoms with van der Waals surface area (Å²) in [7, 11) is -1.05. The SMILES string of the molecule is CCS(=O)(=O)CC(C)N(C)c1nc(C)nc2c1CCCC2. The molecule has 118 valence electrons. The minimum atomic E-state index is -2.99. The van der Waals surface area contributed by atoms with Gasteiger partial charge in [0.2, 0.25) is 0 Å². The van der Waals surface area contributed by atoms with Gasteiger partial charge in [0.15, 0.2) is 9.84 Å². The normalized spacial score (nSPS) is 16.4. The quantitative estimate of drug-likeness (QED) is 0.831. The highest BCUT2D eigenvalue weighted by atomic mass is 32.2. The van der Waals surface area contributed by atoms with Crippen LogP contribution in [0.5, 0.6) is 0 Å². The number of aromatic nitrogens is 2. The molecule has 1 aliphatic rings. The highest BCUT2D eigenvalue weighted by molar-refractivity contribution is 7.91. The summed E-state index contributed by atoms with van der Waals surface area (Å²) in [6.07, 6.45) is 4.32. The first-order chi connectivity index (χ1) is 9.84. The van der Waals surface area contributed by atoms with Gasteiger partial charge in [-0.3, -0.25) is 0 Å². The zero-order valence-electron chi connectivity index (χ0n) is 13.4. The molecule has 0 saturated carbocycles. The maximum atomic E-state index is 11.8. The first-order valence-electron chi connectivity index (χ1n) is 7.63. The van der Waals surface area contributed by atoms with Crippen LogP contribution in [-0.4, -0.2) is 43.0 Å². The average molecular weight is 311 g/mol.